The highest BCUT2D eigenvalue weighted by Crippen LogP contribution is 2.37. The number of nitrogens with zero attached hydrogens (tertiary/aromatic N) is 3. The second-order valence-corrected chi connectivity index (χ2v) is 6.99. The smallest absolute Gasteiger partial charge is 0.292 e. The van der Waals surface area contributed by atoms with Gasteiger partial charge in [0, 0.05) is 24.1 Å². The van der Waals surface area contributed by atoms with Crippen molar-refractivity contribution >= 4 is 17.1 Å². The molecule has 3 aromatic rings. The number of hydrogen-bond donors (Lipinski definition) is 1. The molecule has 6 nitrogen and oxygen atoms in total. The van der Waals surface area contributed by atoms with E-state index in [9.17, 15) is 10.1 Å². The normalized spacial score (nSPS) is 14.8. The number of hydrogen-bond acceptors (Lipinski definition) is 4. The lowest BCUT2D eigenvalue weighted by Crippen LogP contribution is -2.06. The van der Waals surface area contributed by atoms with Gasteiger partial charge in [-0.15, -0.1) is 0 Å². The van der Waals surface area contributed by atoms with Gasteiger partial charge < -0.3 is 5.32 Å². The average molecular weight is 362 g/mol. The van der Waals surface area contributed by atoms with Crippen LogP contribution in [0.25, 0.3) is 5.69 Å². The van der Waals surface area contributed by atoms with Gasteiger partial charge in [0.15, 0.2) is 0 Å². The van der Waals surface area contributed by atoms with Gasteiger partial charge in [-0.1, -0.05) is 31.4 Å². The van der Waals surface area contributed by atoms with E-state index >= 15 is 0 Å². The maximum absolute atomic E-state index is 11.7. The van der Waals surface area contributed by atoms with Crippen LogP contribution in [0.3, 0.4) is 0 Å². The van der Waals surface area contributed by atoms with Crippen molar-refractivity contribution in [2.45, 2.75) is 38.0 Å². The predicted molar refractivity (Wildman–Crippen MR) is 106 cm³/mol. The molecule has 1 aliphatic rings. The Morgan fingerprint density at radius 1 is 1.07 bits per heavy atom. The molecule has 0 radical (unpaired) electrons. The van der Waals surface area contributed by atoms with E-state index < -0.39 is 0 Å². The van der Waals surface area contributed by atoms with Crippen molar-refractivity contribution in [2.24, 2.45) is 0 Å². The minimum atomic E-state index is -0.300. The molecule has 1 fully saturated rings. The standard InChI is InChI=1S/C21H22N4O2/c26-25(27)21-14-17(16-6-2-1-3-7-16)10-11-20(21)23-18-8-4-9-19(15-18)24-13-5-12-22-24/h4-5,8-16,23H,1-3,6-7H2. The first-order chi connectivity index (χ1) is 13.2. The van der Waals surface area contributed by atoms with Crippen LogP contribution in [-0.2, 0) is 0 Å². The van der Waals surface area contributed by atoms with Crippen LogP contribution in [0.5, 0.6) is 0 Å². The molecule has 1 heterocycles. The quantitative estimate of drug-likeness (QED) is 0.475. The van der Waals surface area contributed by atoms with E-state index in [1.165, 1.54) is 19.3 Å². The van der Waals surface area contributed by atoms with Gasteiger partial charge in [0.25, 0.3) is 5.69 Å². The predicted octanol–water partition coefficient (Wildman–Crippen LogP) is 5.57. The molecule has 1 N–H and O–H groups in total. The third-order valence-electron chi connectivity index (χ3n) is 5.19. The number of benzene rings is 2. The van der Waals surface area contributed by atoms with Crippen LogP contribution in [0.15, 0.2) is 60.9 Å². The number of nitrogens with one attached hydrogen (secondary N) is 1. The summed E-state index contributed by atoms with van der Waals surface area (Å²) in [4.78, 5) is 11.4. The van der Waals surface area contributed by atoms with Crippen molar-refractivity contribution in [2.75, 3.05) is 5.32 Å². The molecule has 0 unspecified atom stereocenters. The Bertz CT molecular complexity index is 931. The second-order valence-electron chi connectivity index (χ2n) is 6.99. The molecular weight excluding hydrogens is 340 g/mol. The van der Waals surface area contributed by atoms with Crippen LogP contribution in [-0.4, -0.2) is 14.7 Å². The second kappa shape index (κ2) is 7.61. The molecule has 0 aliphatic heterocycles. The summed E-state index contributed by atoms with van der Waals surface area (Å²) in [6.07, 6.45) is 9.50. The van der Waals surface area contributed by atoms with E-state index in [2.05, 4.69) is 10.4 Å². The van der Waals surface area contributed by atoms with E-state index in [-0.39, 0.29) is 10.6 Å². The van der Waals surface area contributed by atoms with Crippen molar-refractivity contribution in [1.29, 1.82) is 0 Å². The molecule has 1 saturated carbocycles. The topological polar surface area (TPSA) is 73.0 Å². The van der Waals surface area contributed by atoms with Gasteiger partial charge in [-0.3, -0.25) is 10.1 Å². The summed E-state index contributed by atoms with van der Waals surface area (Å²) < 4.78 is 1.76. The Kier molecular flexibility index (Phi) is 4.87. The van der Waals surface area contributed by atoms with Gasteiger partial charge in [-0.2, -0.15) is 5.10 Å². The Morgan fingerprint density at radius 3 is 2.67 bits per heavy atom. The summed E-state index contributed by atoms with van der Waals surface area (Å²) in [6, 6.07) is 15.1. The van der Waals surface area contributed by atoms with Crippen LogP contribution in [0.1, 0.15) is 43.6 Å². The first kappa shape index (κ1) is 17.3. The average Bonchev–Trinajstić information content (AvgIpc) is 3.24. The molecule has 27 heavy (non-hydrogen) atoms. The van der Waals surface area contributed by atoms with E-state index in [0.717, 1.165) is 29.8 Å². The minimum Gasteiger partial charge on any atom is -0.350 e. The summed E-state index contributed by atoms with van der Waals surface area (Å²) in [5, 5.41) is 19.1. The fourth-order valence-electron chi connectivity index (χ4n) is 3.80. The monoisotopic (exact) mass is 362 g/mol. The van der Waals surface area contributed by atoms with Gasteiger partial charge in [0.1, 0.15) is 5.69 Å². The first-order valence-electron chi connectivity index (χ1n) is 9.36. The number of rotatable bonds is 5. The Morgan fingerprint density at radius 2 is 1.93 bits per heavy atom. The first-order valence-corrected chi connectivity index (χ1v) is 9.36. The zero-order valence-corrected chi connectivity index (χ0v) is 15.0. The maximum atomic E-state index is 11.7. The number of aromatic nitrogens is 2. The van der Waals surface area contributed by atoms with Gasteiger partial charge >= 0.3 is 0 Å². The molecule has 4 rings (SSSR count). The third-order valence-corrected chi connectivity index (χ3v) is 5.19. The molecule has 6 heteroatoms. The molecule has 1 aliphatic carbocycles. The van der Waals surface area contributed by atoms with Crippen molar-refractivity contribution in [3.05, 3.63) is 76.6 Å². The molecule has 0 bridgehead atoms. The van der Waals surface area contributed by atoms with Crippen LogP contribution in [0.2, 0.25) is 0 Å². The fraction of sp³-hybridized carbons (Fsp3) is 0.286. The molecule has 0 amide bonds. The van der Waals surface area contributed by atoms with Crippen molar-refractivity contribution in [3.63, 3.8) is 0 Å². The SMILES string of the molecule is O=[N+]([O-])c1cc(C2CCCCC2)ccc1Nc1cccc(-n2cccn2)c1. The minimum absolute atomic E-state index is 0.127. The van der Waals surface area contributed by atoms with Gasteiger partial charge in [-0.05, 0) is 54.7 Å². The summed E-state index contributed by atoms with van der Waals surface area (Å²) in [6.45, 7) is 0. The summed E-state index contributed by atoms with van der Waals surface area (Å²) in [5.41, 5.74) is 3.40. The zero-order chi connectivity index (χ0) is 18.6. The molecule has 0 spiro atoms. The lowest BCUT2D eigenvalue weighted by Gasteiger charge is -2.22. The van der Waals surface area contributed by atoms with Gasteiger partial charge in [-0.25, -0.2) is 4.68 Å². The highest BCUT2D eigenvalue weighted by atomic mass is 16.6. The lowest BCUT2D eigenvalue weighted by molar-refractivity contribution is -0.384. The molecule has 0 atom stereocenters. The van der Waals surface area contributed by atoms with Gasteiger partial charge in [0.2, 0.25) is 0 Å². The molecule has 1 aromatic heterocycles. The zero-order valence-electron chi connectivity index (χ0n) is 15.0. The highest BCUT2D eigenvalue weighted by molar-refractivity contribution is 5.71. The van der Waals surface area contributed by atoms with E-state index in [1.54, 1.807) is 16.9 Å². The summed E-state index contributed by atoms with van der Waals surface area (Å²) in [7, 11) is 0. The highest BCUT2D eigenvalue weighted by Gasteiger charge is 2.21. The van der Waals surface area contributed by atoms with Crippen LogP contribution in [0, 0.1) is 10.1 Å². The summed E-state index contributed by atoms with van der Waals surface area (Å²) >= 11 is 0. The van der Waals surface area contributed by atoms with Crippen molar-refractivity contribution < 1.29 is 4.92 Å². The van der Waals surface area contributed by atoms with E-state index in [1.807, 2.05) is 48.7 Å². The Hall–Kier alpha value is -3.15. The number of anilines is 2. The molecule has 0 saturated heterocycles. The molecular formula is C21H22N4O2. The van der Waals surface area contributed by atoms with Crippen LogP contribution < -0.4 is 5.32 Å². The number of nitro groups is 1. The molecule has 138 valence electrons. The van der Waals surface area contributed by atoms with Crippen molar-refractivity contribution in [3.8, 4) is 5.69 Å². The lowest BCUT2D eigenvalue weighted by atomic mass is 9.84. The van der Waals surface area contributed by atoms with Crippen molar-refractivity contribution in [1.82, 2.24) is 9.78 Å². The Balaban J connectivity index is 1.61. The van der Waals surface area contributed by atoms with Gasteiger partial charge in [0.05, 0.1) is 10.6 Å². The van der Waals surface area contributed by atoms with Crippen LogP contribution in [0.4, 0.5) is 17.1 Å². The van der Waals surface area contributed by atoms with Crippen LogP contribution >= 0.6 is 0 Å². The number of nitro benzene ring substituents is 1. The summed E-state index contributed by atoms with van der Waals surface area (Å²) in [5.74, 6) is 0.439. The molecule has 2 aromatic carbocycles. The van der Waals surface area contributed by atoms with E-state index in [4.69, 9.17) is 0 Å². The fourth-order valence-corrected chi connectivity index (χ4v) is 3.80. The largest absolute Gasteiger partial charge is 0.350 e. The van der Waals surface area contributed by atoms with E-state index in [0.29, 0.717) is 11.6 Å². The third kappa shape index (κ3) is 3.84. The Labute approximate surface area is 158 Å². The maximum Gasteiger partial charge on any atom is 0.292 e.